The lowest BCUT2D eigenvalue weighted by atomic mass is 9.77. The molecule has 0 unspecified atom stereocenters. The van der Waals surface area contributed by atoms with Gasteiger partial charge in [-0.25, -0.2) is 0 Å². The van der Waals surface area contributed by atoms with Gasteiger partial charge in [0.15, 0.2) is 0 Å². The first-order chi connectivity index (χ1) is 8.28. The van der Waals surface area contributed by atoms with Gasteiger partial charge in [0.1, 0.15) is 5.75 Å². The van der Waals surface area contributed by atoms with Crippen LogP contribution in [0.4, 0.5) is 0 Å². The maximum absolute atomic E-state index is 6.31. The van der Waals surface area contributed by atoms with Crippen molar-refractivity contribution in [2.45, 2.75) is 44.1 Å². The van der Waals surface area contributed by atoms with Gasteiger partial charge in [0.05, 0.1) is 7.11 Å². The molecule has 0 bridgehead atoms. The van der Waals surface area contributed by atoms with E-state index in [2.05, 4.69) is 18.2 Å². The van der Waals surface area contributed by atoms with Crippen molar-refractivity contribution in [2.24, 2.45) is 11.7 Å². The third-order valence-corrected chi connectivity index (χ3v) is 4.30. The Balaban J connectivity index is 1.89. The van der Waals surface area contributed by atoms with Crippen LogP contribution in [-0.2, 0) is 6.42 Å². The lowest BCUT2D eigenvalue weighted by molar-refractivity contribution is 0.406. The van der Waals surface area contributed by atoms with Gasteiger partial charge in [0.2, 0.25) is 0 Å². The van der Waals surface area contributed by atoms with Gasteiger partial charge in [-0.1, -0.05) is 18.9 Å². The van der Waals surface area contributed by atoms with Crippen LogP contribution in [0.3, 0.4) is 0 Å². The number of aryl methyl sites for hydroxylation is 1. The van der Waals surface area contributed by atoms with Crippen molar-refractivity contribution >= 4 is 0 Å². The van der Waals surface area contributed by atoms with Gasteiger partial charge in [0.25, 0.3) is 0 Å². The van der Waals surface area contributed by atoms with E-state index in [4.69, 9.17) is 10.5 Å². The predicted molar refractivity (Wildman–Crippen MR) is 69.4 cm³/mol. The van der Waals surface area contributed by atoms with Gasteiger partial charge < -0.3 is 10.5 Å². The van der Waals surface area contributed by atoms with E-state index in [1.807, 2.05) is 0 Å². The first kappa shape index (κ1) is 11.1. The molecule has 0 heterocycles. The van der Waals surface area contributed by atoms with Crippen molar-refractivity contribution in [3.05, 3.63) is 29.3 Å². The standard InChI is InChI=1S/C15H21NO/c1-17-12-5-6-13-11(9-12)4-7-15(16)14(13)8-10-2-3-10/h5-6,9-10,14-15H,2-4,7-8,16H2,1H3/t14-,15+/m0/s1. The third kappa shape index (κ3) is 2.19. The molecule has 2 atom stereocenters. The fourth-order valence-electron chi connectivity index (χ4n) is 3.06. The number of methoxy groups -OCH3 is 1. The summed E-state index contributed by atoms with van der Waals surface area (Å²) in [6, 6.07) is 6.87. The Labute approximate surface area is 103 Å². The van der Waals surface area contributed by atoms with Crippen molar-refractivity contribution in [3.8, 4) is 5.75 Å². The Morgan fingerprint density at radius 3 is 2.82 bits per heavy atom. The number of nitrogens with two attached hydrogens (primary N) is 1. The van der Waals surface area contributed by atoms with E-state index in [1.165, 1.54) is 30.4 Å². The molecule has 0 aliphatic heterocycles. The highest BCUT2D eigenvalue weighted by Crippen LogP contribution is 2.43. The number of ether oxygens (including phenoxy) is 1. The van der Waals surface area contributed by atoms with Crippen LogP contribution in [0.5, 0.6) is 5.75 Å². The Morgan fingerprint density at radius 2 is 2.12 bits per heavy atom. The summed E-state index contributed by atoms with van der Waals surface area (Å²) in [5.74, 6) is 2.50. The SMILES string of the molecule is COc1ccc2c(c1)CC[C@@H](N)[C@H]2CC1CC1. The summed E-state index contributed by atoms with van der Waals surface area (Å²) in [6.45, 7) is 0. The number of hydrogen-bond acceptors (Lipinski definition) is 2. The van der Waals surface area contributed by atoms with Crippen LogP contribution in [-0.4, -0.2) is 13.2 Å². The van der Waals surface area contributed by atoms with Crippen LogP contribution in [0.25, 0.3) is 0 Å². The highest BCUT2D eigenvalue weighted by Gasteiger charge is 2.33. The molecule has 1 fully saturated rings. The van der Waals surface area contributed by atoms with Gasteiger partial charge in [-0.05, 0) is 54.4 Å². The molecule has 2 N–H and O–H groups in total. The van der Waals surface area contributed by atoms with Gasteiger partial charge in [-0.3, -0.25) is 0 Å². The lowest BCUT2D eigenvalue weighted by Gasteiger charge is -2.31. The molecular weight excluding hydrogens is 210 g/mol. The number of benzene rings is 1. The molecule has 0 aromatic heterocycles. The maximum atomic E-state index is 6.31. The van der Waals surface area contributed by atoms with E-state index in [9.17, 15) is 0 Å². The van der Waals surface area contributed by atoms with Crippen molar-refractivity contribution < 1.29 is 4.74 Å². The minimum Gasteiger partial charge on any atom is -0.497 e. The first-order valence-electron chi connectivity index (χ1n) is 6.70. The van der Waals surface area contributed by atoms with Crippen LogP contribution in [0.1, 0.15) is 42.7 Å². The molecule has 1 saturated carbocycles. The number of rotatable bonds is 3. The molecule has 17 heavy (non-hydrogen) atoms. The largest absolute Gasteiger partial charge is 0.497 e. The molecule has 0 saturated heterocycles. The minimum absolute atomic E-state index is 0.358. The van der Waals surface area contributed by atoms with Gasteiger partial charge in [-0.15, -0.1) is 0 Å². The van der Waals surface area contributed by atoms with E-state index >= 15 is 0 Å². The second-order valence-electron chi connectivity index (χ2n) is 5.55. The molecular formula is C15H21NO. The molecule has 0 amide bonds. The highest BCUT2D eigenvalue weighted by atomic mass is 16.5. The smallest absolute Gasteiger partial charge is 0.119 e. The molecule has 1 aromatic rings. The summed E-state index contributed by atoms with van der Waals surface area (Å²) < 4.78 is 5.30. The molecule has 3 rings (SSSR count). The van der Waals surface area contributed by atoms with Crippen molar-refractivity contribution in [3.63, 3.8) is 0 Å². The minimum atomic E-state index is 0.358. The third-order valence-electron chi connectivity index (χ3n) is 4.30. The monoisotopic (exact) mass is 231 g/mol. The lowest BCUT2D eigenvalue weighted by Crippen LogP contribution is -2.33. The average Bonchev–Trinajstić information content (AvgIpc) is 3.16. The second-order valence-corrected chi connectivity index (χ2v) is 5.55. The molecule has 0 spiro atoms. The normalized spacial score (nSPS) is 27.6. The van der Waals surface area contributed by atoms with Crippen LogP contribution >= 0.6 is 0 Å². The van der Waals surface area contributed by atoms with Gasteiger partial charge in [-0.2, -0.15) is 0 Å². The van der Waals surface area contributed by atoms with E-state index < -0.39 is 0 Å². The summed E-state index contributed by atoms with van der Waals surface area (Å²) in [5.41, 5.74) is 9.25. The van der Waals surface area contributed by atoms with Gasteiger partial charge in [0, 0.05) is 6.04 Å². The fourth-order valence-corrected chi connectivity index (χ4v) is 3.06. The maximum Gasteiger partial charge on any atom is 0.119 e. The Bertz CT molecular complexity index is 411. The summed E-state index contributed by atoms with van der Waals surface area (Å²) >= 11 is 0. The van der Waals surface area contributed by atoms with E-state index in [0.717, 1.165) is 24.5 Å². The zero-order chi connectivity index (χ0) is 11.8. The topological polar surface area (TPSA) is 35.2 Å². The Hall–Kier alpha value is -1.02. The highest BCUT2D eigenvalue weighted by molar-refractivity contribution is 5.40. The predicted octanol–water partition coefficient (Wildman–Crippen LogP) is 2.85. The second kappa shape index (κ2) is 4.34. The summed E-state index contributed by atoms with van der Waals surface area (Å²) in [5, 5.41) is 0. The zero-order valence-electron chi connectivity index (χ0n) is 10.5. The van der Waals surface area contributed by atoms with Crippen LogP contribution in [0.15, 0.2) is 18.2 Å². The molecule has 2 aliphatic rings. The Morgan fingerprint density at radius 1 is 1.29 bits per heavy atom. The fraction of sp³-hybridized carbons (Fsp3) is 0.600. The van der Waals surface area contributed by atoms with Gasteiger partial charge >= 0.3 is 0 Å². The molecule has 2 aliphatic carbocycles. The molecule has 0 radical (unpaired) electrons. The number of hydrogen-bond donors (Lipinski definition) is 1. The van der Waals surface area contributed by atoms with E-state index in [-0.39, 0.29) is 0 Å². The summed E-state index contributed by atoms with van der Waals surface area (Å²) in [4.78, 5) is 0. The van der Waals surface area contributed by atoms with Crippen molar-refractivity contribution in [2.75, 3.05) is 7.11 Å². The zero-order valence-corrected chi connectivity index (χ0v) is 10.5. The van der Waals surface area contributed by atoms with Crippen LogP contribution in [0.2, 0.25) is 0 Å². The van der Waals surface area contributed by atoms with Crippen molar-refractivity contribution in [1.82, 2.24) is 0 Å². The van der Waals surface area contributed by atoms with Crippen LogP contribution < -0.4 is 10.5 Å². The quantitative estimate of drug-likeness (QED) is 0.868. The van der Waals surface area contributed by atoms with Crippen molar-refractivity contribution in [1.29, 1.82) is 0 Å². The molecule has 92 valence electrons. The van der Waals surface area contributed by atoms with E-state index in [0.29, 0.717) is 12.0 Å². The Kier molecular flexibility index (Phi) is 2.83. The van der Waals surface area contributed by atoms with Crippen LogP contribution in [0, 0.1) is 5.92 Å². The van der Waals surface area contributed by atoms with E-state index in [1.54, 1.807) is 7.11 Å². The first-order valence-corrected chi connectivity index (χ1v) is 6.70. The summed E-state index contributed by atoms with van der Waals surface area (Å²) in [6.07, 6.45) is 6.34. The average molecular weight is 231 g/mol. The number of fused-ring (bicyclic) bond motifs is 1. The molecule has 2 nitrogen and oxygen atoms in total. The summed E-state index contributed by atoms with van der Waals surface area (Å²) in [7, 11) is 1.73. The molecule has 1 aromatic carbocycles. The molecule has 2 heteroatoms.